The summed E-state index contributed by atoms with van der Waals surface area (Å²) in [6, 6.07) is 17.5. The minimum absolute atomic E-state index is 0.000745. The molecule has 34 heavy (non-hydrogen) atoms. The topological polar surface area (TPSA) is 75.9 Å². The van der Waals surface area contributed by atoms with Crippen LogP contribution in [0.5, 0.6) is 5.75 Å². The van der Waals surface area contributed by atoms with Gasteiger partial charge in [-0.15, -0.1) is 0 Å². The predicted octanol–water partition coefficient (Wildman–Crippen LogP) is 4.92. The fourth-order valence-electron chi connectivity index (χ4n) is 3.81. The smallest absolute Gasteiger partial charge is 0.269 e. The molecule has 0 bridgehead atoms. The molecule has 0 aliphatic carbocycles. The molecule has 0 N–H and O–H groups in total. The van der Waals surface area contributed by atoms with Gasteiger partial charge >= 0.3 is 0 Å². The van der Waals surface area contributed by atoms with Gasteiger partial charge < -0.3 is 9.64 Å². The number of nitrogens with zero attached hydrogens (tertiary/aromatic N) is 3. The van der Waals surface area contributed by atoms with Gasteiger partial charge in [-0.05, 0) is 47.5 Å². The number of nitro benzene ring substituents is 1. The van der Waals surface area contributed by atoms with E-state index in [1.165, 1.54) is 24.3 Å². The van der Waals surface area contributed by atoms with Crippen LogP contribution in [0.25, 0.3) is 0 Å². The van der Waals surface area contributed by atoms with E-state index in [-0.39, 0.29) is 24.0 Å². The number of carbonyl (C=O) groups is 1. The Morgan fingerprint density at radius 2 is 1.76 bits per heavy atom. The number of hydrogen-bond donors (Lipinski definition) is 0. The van der Waals surface area contributed by atoms with Gasteiger partial charge in [-0.1, -0.05) is 29.8 Å². The lowest BCUT2D eigenvalue weighted by Gasteiger charge is -2.35. The summed E-state index contributed by atoms with van der Waals surface area (Å²) in [5, 5.41) is 11.2. The van der Waals surface area contributed by atoms with E-state index in [9.17, 15) is 19.3 Å². The highest BCUT2D eigenvalue weighted by molar-refractivity contribution is 6.31. The van der Waals surface area contributed by atoms with Crippen molar-refractivity contribution < 1.29 is 18.8 Å². The number of rotatable bonds is 7. The largest absolute Gasteiger partial charge is 0.489 e. The van der Waals surface area contributed by atoms with Crippen molar-refractivity contribution in [2.75, 3.05) is 26.2 Å². The molecule has 4 rings (SSSR count). The molecule has 176 valence electrons. The Hall–Kier alpha value is -3.49. The Bertz CT molecular complexity index is 1180. The van der Waals surface area contributed by atoms with Gasteiger partial charge in [0.25, 0.3) is 11.6 Å². The molecule has 9 heteroatoms. The minimum atomic E-state index is -0.462. The van der Waals surface area contributed by atoms with Crippen LogP contribution in [0, 0.1) is 15.9 Å². The maximum absolute atomic E-state index is 13.3. The van der Waals surface area contributed by atoms with Crippen molar-refractivity contribution in [3.8, 4) is 5.75 Å². The third-order valence-corrected chi connectivity index (χ3v) is 6.05. The zero-order valence-corrected chi connectivity index (χ0v) is 19.1. The van der Waals surface area contributed by atoms with E-state index in [0.717, 1.165) is 11.1 Å². The summed E-state index contributed by atoms with van der Waals surface area (Å²) in [5.41, 5.74) is 2.28. The number of non-ortho nitro benzene ring substituents is 1. The van der Waals surface area contributed by atoms with E-state index < -0.39 is 4.92 Å². The molecule has 1 aliphatic heterocycles. The first-order chi connectivity index (χ1) is 16.4. The van der Waals surface area contributed by atoms with Gasteiger partial charge in [-0.3, -0.25) is 19.8 Å². The molecule has 3 aromatic carbocycles. The van der Waals surface area contributed by atoms with Crippen LogP contribution < -0.4 is 4.74 Å². The van der Waals surface area contributed by atoms with Gasteiger partial charge in [0.05, 0.1) is 4.92 Å². The van der Waals surface area contributed by atoms with Crippen molar-refractivity contribution in [1.29, 1.82) is 0 Å². The van der Waals surface area contributed by atoms with Crippen LogP contribution in [-0.4, -0.2) is 46.8 Å². The first-order valence-corrected chi connectivity index (χ1v) is 11.2. The Morgan fingerprint density at radius 1 is 1.03 bits per heavy atom. The molecule has 0 aromatic heterocycles. The van der Waals surface area contributed by atoms with Crippen molar-refractivity contribution in [3.63, 3.8) is 0 Å². The third-order valence-electron chi connectivity index (χ3n) is 5.70. The summed E-state index contributed by atoms with van der Waals surface area (Å²) in [4.78, 5) is 27.3. The summed E-state index contributed by atoms with van der Waals surface area (Å²) in [6.45, 7) is 3.41. The average molecular weight is 484 g/mol. The Balaban J connectivity index is 1.31. The molecule has 1 aliphatic rings. The quantitative estimate of drug-likeness (QED) is 0.352. The van der Waals surface area contributed by atoms with Crippen molar-refractivity contribution in [2.45, 2.75) is 13.2 Å². The lowest BCUT2D eigenvalue weighted by atomic mass is 10.1. The van der Waals surface area contributed by atoms with Crippen LogP contribution in [-0.2, 0) is 13.2 Å². The fourth-order valence-corrected chi connectivity index (χ4v) is 4.03. The molecular formula is C25H23ClFN3O4. The zero-order chi connectivity index (χ0) is 24.1. The number of halogens is 2. The molecule has 0 spiro atoms. The van der Waals surface area contributed by atoms with Crippen LogP contribution in [0.1, 0.15) is 21.5 Å². The van der Waals surface area contributed by atoms with E-state index in [2.05, 4.69) is 4.90 Å². The van der Waals surface area contributed by atoms with E-state index in [1.54, 1.807) is 30.3 Å². The van der Waals surface area contributed by atoms with Gasteiger partial charge in [0.1, 0.15) is 18.2 Å². The second-order valence-corrected chi connectivity index (χ2v) is 8.45. The fraction of sp³-hybridized carbons (Fsp3) is 0.240. The summed E-state index contributed by atoms with van der Waals surface area (Å²) in [6.07, 6.45) is 0. The van der Waals surface area contributed by atoms with Crippen molar-refractivity contribution >= 4 is 23.2 Å². The molecule has 1 saturated heterocycles. The number of piperazine rings is 1. The highest BCUT2D eigenvalue weighted by Gasteiger charge is 2.23. The monoisotopic (exact) mass is 483 g/mol. The normalized spacial score (nSPS) is 14.1. The van der Waals surface area contributed by atoms with Crippen LogP contribution in [0.2, 0.25) is 5.02 Å². The van der Waals surface area contributed by atoms with E-state index in [4.69, 9.17) is 16.3 Å². The molecule has 3 aromatic rings. The summed E-state index contributed by atoms with van der Waals surface area (Å²) < 4.78 is 19.0. The molecule has 0 radical (unpaired) electrons. The Kier molecular flexibility index (Phi) is 7.40. The molecular weight excluding hydrogens is 461 g/mol. The first kappa shape index (κ1) is 23.7. The van der Waals surface area contributed by atoms with Crippen molar-refractivity contribution in [3.05, 3.63) is 104 Å². The second-order valence-electron chi connectivity index (χ2n) is 8.04. The molecule has 1 amide bonds. The summed E-state index contributed by atoms with van der Waals surface area (Å²) >= 11 is 6.14. The summed E-state index contributed by atoms with van der Waals surface area (Å²) in [7, 11) is 0. The van der Waals surface area contributed by atoms with Gasteiger partial charge in [0.15, 0.2) is 0 Å². The van der Waals surface area contributed by atoms with Crippen molar-refractivity contribution in [2.24, 2.45) is 0 Å². The SMILES string of the molecule is O=C(c1cccc(COc2ccc([N+](=O)[O-])cc2)c1)N1CCN(Cc2ccc(F)cc2Cl)CC1. The highest BCUT2D eigenvalue weighted by Crippen LogP contribution is 2.21. The van der Waals surface area contributed by atoms with Crippen LogP contribution in [0.4, 0.5) is 10.1 Å². The molecule has 1 heterocycles. The lowest BCUT2D eigenvalue weighted by molar-refractivity contribution is -0.384. The standard InChI is InChI=1S/C25H23ClFN3O4/c26-24-15-21(27)5-4-20(24)16-28-10-12-29(13-11-28)25(31)19-3-1-2-18(14-19)17-34-23-8-6-22(7-9-23)30(32)33/h1-9,14-15H,10-13,16-17H2. The van der Waals surface area contributed by atoms with Gasteiger partial charge in [0, 0.05) is 55.4 Å². The van der Waals surface area contributed by atoms with Crippen LogP contribution in [0.15, 0.2) is 66.7 Å². The van der Waals surface area contributed by atoms with Crippen molar-refractivity contribution in [1.82, 2.24) is 9.80 Å². The molecule has 0 saturated carbocycles. The summed E-state index contributed by atoms with van der Waals surface area (Å²) in [5.74, 6) is 0.112. The number of ether oxygens (including phenoxy) is 1. The molecule has 0 unspecified atom stereocenters. The molecule has 7 nitrogen and oxygen atoms in total. The number of amides is 1. The van der Waals surface area contributed by atoms with Gasteiger partial charge in [0.2, 0.25) is 0 Å². The predicted molar refractivity (Wildman–Crippen MR) is 126 cm³/mol. The molecule has 1 fully saturated rings. The van der Waals surface area contributed by atoms with Crippen LogP contribution in [0.3, 0.4) is 0 Å². The third kappa shape index (κ3) is 5.89. The second kappa shape index (κ2) is 10.6. The Morgan fingerprint density at radius 3 is 2.44 bits per heavy atom. The van der Waals surface area contributed by atoms with Crippen LogP contribution >= 0.6 is 11.6 Å². The minimum Gasteiger partial charge on any atom is -0.489 e. The van der Waals surface area contributed by atoms with Gasteiger partial charge in [-0.2, -0.15) is 0 Å². The zero-order valence-electron chi connectivity index (χ0n) is 18.3. The maximum Gasteiger partial charge on any atom is 0.269 e. The number of benzene rings is 3. The van der Waals surface area contributed by atoms with E-state index in [0.29, 0.717) is 49.1 Å². The van der Waals surface area contributed by atoms with Gasteiger partial charge in [-0.25, -0.2) is 4.39 Å². The van der Waals surface area contributed by atoms with E-state index >= 15 is 0 Å². The Labute approximate surface area is 201 Å². The average Bonchev–Trinajstić information content (AvgIpc) is 2.85. The number of carbonyl (C=O) groups excluding carboxylic acids is 1. The number of nitro groups is 1. The first-order valence-electron chi connectivity index (χ1n) is 10.8. The lowest BCUT2D eigenvalue weighted by Crippen LogP contribution is -2.48. The molecule has 0 atom stereocenters. The number of hydrogen-bond acceptors (Lipinski definition) is 5. The van der Waals surface area contributed by atoms with E-state index in [1.807, 2.05) is 17.0 Å². The maximum atomic E-state index is 13.3. The highest BCUT2D eigenvalue weighted by atomic mass is 35.5.